The molecule has 0 spiro atoms. The van der Waals surface area contributed by atoms with Gasteiger partial charge < -0.3 is 20.1 Å². The quantitative estimate of drug-likeness (QED) is 0.248. The number of hydrogen-bond acceptors (Lipinski definition) is 9. The molecule has 1 aliphatic rings. The van der Waals surface area contributed by atoms with E-state index < -0.39 is 5.82 Å². The standard InChI is InChI=1S/C27H26FN7O2/c1-18-11-20(19-3-2-4-24(36)14-19)13-23(12-18)32-22-6-5-21(29-15-22)16-31-34-27-30-17-25(28)26(33-27)35-7-9-37-10-8-35/h2-6,11-17,32,36H,7-10H2,1H3,(H,30,33,34)/b31-16+. The lowest BCUT2D eigenvalue weighted by Gasteiger charge is -2.27. The summed E-state index contributed by atoms with van der Waals surface area (Å²) in [6.45, 7) is 4.23. The Bertz CT molecular complexity index is 1410. The molecule has 9 nitrogen and oxygen atoms in total. The number of phenolic OH excluding ortho intramolecular Hbond substituents is 1. The Kier molecular flexibility index (Phi) is 7.18. The lowest BCUT2D eigenvalue weighted by molar-refractivity contribution is 0.122. The van der Waals surface area contributed by atoms with E-state index in [0.29, 0.717) is 32.0 Å². The van der Waals surface area contributed by atoms with E-state index in [1.54, 1.807) is 18.3 Å². The van der Waals surface area contributed by atoms with Crippen molar-refractivity contribution in [3.8, 4) is 16.9 Å². The molecule has 37 heavy (non-hydrogen) atoms. The molecule has 1 aliphatic heterocycles. The number of phenols is 1. The van der Waals surface area contributed by atoms with E-state index in [4.69, 9.17) is 4.74 Å². The summed E-state index contributed by atoms with van der Waals surface area (Å²) < 4.78 is 19.5. The van der Waals surface area contributed by atoms with Crippen LogP contribution in [-0.2, 0) is 4.74 Å². The molecule has 188 valence electrons. The molecule has 2 aromatic carbocycles. The Morgan fingerprint density at radius 2 is 1.86 bits per heavy atom. The number of aromatic nitrogens is 3. The number of pyridine rings is 1. The number of halogens is 1. The summed E-state index contributed by atoms with van der Waals surface area (Å²) in [6.07, 6.45) is 4.38. The Morgan fingerprint density at radius 3 is 2.65 bits per heavy atom. The van der Waals surface area contributed by atoms with Gasteiger partial charge in [0.2, 0.25) is 5.95 Å². The number of aromatic hydroxyl groups is 1. The minimum atomic E-state index is -0.483. The Morgan fingerprint density at radius 1 is 1.00 bits per heavy atom. The summed E-state index contributed by atoms with van der Waals surface area (Å²) >= 11 is 0. The minimum absolute atomic E-state index is 0.194. The van der Waals surface area contributed by atoms with Crippen LogP contribution in [0.1, 0.15) is 11.3 Å². The van der Waals surface area contributed by atoms with Crippen LogP contribution in [0.3, 0.4) is 0 Å². The van der Waals surface area contributed by atoms with E-state index in [2.05, 4.69) is 36.9 Å². The second kappa shape index (κ2) is 11.0. The van der Waals surface area contributed by atoms with E-state index in [-0.39, 0.29) is 17.5 Å². The number of nitrogens with zero attached hydrogens (tertiary/aromatic N) is 5. The smallest absolute Gasteiger partial charge is 0.245 e. The second-order valence-corrected chi connectivity index (χ2v) is 8.57. The first-order valence-corrected chi connectivity index (χ1v) is 11.8. The molecule has 3 N–H and O–H groups in total. The largest absolute Gasteiger partial charge is 0.508 e. The summed E-state index contributed by atoms with van der Waals surface area (Å²) in [5.74, 6) is 0.171. The fourth-order valence-corrected chi connectivity index (χ4v) is 3.99. The number of rotatable bonds is 7. The molecule has 0 aliphatic carbocycles. The van der Waals surface area contributed by atoms with Gasteiger partial charge in [0.1, 0.15) is 5.75 Å². The maximum atomic E-state index is 14.2. The topological polar surface area (TPSA) is 108 Å². The van der Waals surface area contributed by atoms with Gasteiger partial charge >= 0.3 is 0 Å². The normalized spacial score (nSPS) is 13.6. The van der Waals surface area contributed by atoms with Crippen molar-refractivity contribution in [2.45, 2.75) is 6.92 Å². The van der Waals surface area contributed by atoms with Gasteiger partial charge in [0.25, 0.3) is 0 Å². The predicted molar refractivity (Wildman–Crippen MR) is 142 cm³/mol. The fraction of sp³-hybridized carbons (Fsp3) is 0.185. The number of aryl methyl sites for hydroxylation is 1. The number of nitrogens with one attached hydrogen (secondary N) is 2. The summed E-state index contributed by atoms with van der Waals surface area (Å²) in [5.41, 5.74) is 8.11. The molecule has 0 unspecified atom stereocenters. The molecule has 0 amide bonds. The highest BCUT2D eigenvalue weighted by Gasteiger charge is 2.17. The molecule has 0 saturated carbocycles. The zero-order valence-corrected chi connectivity index (χ0v) is 20.2. The van der Waals surface area contributed by atoms with Crippen molar-refractivity contribution in [3.05, 3.63) is 84.1 Å². The molecule has 1 fully saturated rings. The van der Waals surface area contributed by atoms with Gasteiger partial charge in [0, 0.05) is 18.8 Å². The van der Waals surface area contributed by atoms with Crippen LogP contribution in [0.5, 0.6) is 5.75 Å². The summed E-state index contributed by atoms with van der Waals surface area (Å²) in [5, 5.41) is 17.3. The zero-order chi connectivity index (χ0) is 25.6. The van der Waals surface area contributed by atoms with Gasteiger partial charge in [-0.1, -0.05) is 18.2 Å². The molecule has 3 heterocycles. The van der Waals surface area contributed by atoms with Gasteiger partial charge in [-0.05, 0) is 60.0 Å². The van der Waals surface area contributed by atoms with Crippen LogP contribution < -0.4 is 15.6 Å². The van der Waals surface area contributed by atoms with Crippen LogP contribution in [0.2, 0.25) is 0 Å². The third-order valence-electron chi connectivity index (χ3n) is 5.73. The highest BCUT2D eigenvalue weighted by Crippen LogP contribution is 2.28. The fourth-order valence-electron chi connectivity index (χ4n) is 3.99. The third kappa shape index (κ3) is 6.17. The van der Waals surface area contributed by atoms with E-state index in [0.717, 1.165) is 34.3 Å². The highest BCUT2D eigenvalue weighted by atomic mass is 19.1. The third-order valence-corrected chi connectivity index (χ3v) is 5.73. The Balaban J connectivity index is 1.23. The van der Waals surface area contributed by atoms with Crippen molar-refractivity contribution in [1.82, 2.24) is 15.0 Å². The van der Waals surface area contributed by atoms with E-state index in [1.807, 2.05) is 48.2 Å². The number of morpholine rings is 1. The van der Waals surface area contributed by atoms with E-state index in [1.165, 1.54) is 6.21 Å². The summed E-state index contributed by atoms with van der Waals surface area (Å²) in [7, 11) is 0. The number of benzene rings is 2. The van der Waals surface area contributed by atoms with Crippen LogP contribution in [0.15, 0.2) is 72.1 Å². The van der Waals surface area contributed by atoms with Gasteiger partial charge in [-0.15, -0.1) is 0 Å². The van der Waals surface area contributed by atoms with Gasteiger partial charge in [0.15, 0.2) is 11.6 Å². The molecule has 0 atom stereocenters. The highest BCUT2D eigenvalue weighted by molar-refractivity contribution is 5.78. The van der Waals surface area contributed by atoms with Gasteiger partial charge in [-0.3, -0.25) is 4.98 Å². The second-order valence-electron chi connectivity index (χ2n) is 8.57. The Hall–Kier alpha value is -4.57. The first-order chi connectivity index (χ1) is 18.0. The monoisotopic (exact) mass is 499 g/mol. The number of ether oxygens (including phenoxy) is 1. The first-order valence-electron chi connectivity index (χ1n) is 11.8. The van der Waals surface area contributed by atoms with Gasteiger partial charge in [-0.25, -0.2) is 14.8 Å². The molecule has 0 radical (unpaired) electrons. The summed E-state index contributed by atoms with van der Waals surface area (Å²) in [4.78, 5) is 14.4. The zero-order valence-electron chi connectivity index (χ0n) is 20.2. The van der Waals surface area contributed by atoms with E-state index >= 15 is 0 Å². The SMILES string of the molecule is Cc1cc(Nc2ccc(/C=N/Nc3ncc(F)c(N4CCOCC4)n3)nc2)cc(-c2cccc(O)c2)c1. The van der Waals surface area contributed by atoms with Crippen molar-refractivity contribution in [1.29, 1.82) is 0 Å². The Labute approximate surface area is 213 Å². The molecule has 4 aromatic rings. The average molecular weight is 500 g/mol. The minimum Gasteiger partial charge on any atom is -0.508 e. The molecule has 1 saturated heterocycles. The van der Waals surface area contributed by atoms with Crippen LogP contribution in [0.25, 0.3) is 11.1 Å². The molecule has 2 aromatic heterocycles. The van der Waals surface area contributed by atoms with Crippen molar-refractivity contribution >= 4 is 29.4 Å². The van der Waals surface area contributed by atoms with E-state index in [9.17, 15) is 9.50 Å². The maximum absolute atomic E-state index is 14.2. The summed E-state index contributed by atoms with van der Waals surface area (Å²) in [6, 6.07) is 17.0. The van der Waals surface area contributed by atoms with Gasteiger partial charge in [0.05, 0.1) is 43.2 Å². The lowest BCUT2D eigenvalue weighted by atomic mass is 10.0. The van der Waals surface area contributed by atoms with Crippen LogP contribution in [0.4, 0.5) is 27.5 Å². The molecular formula is C27H26FN7O2. The van der Waals surface area contributed by atoms with Crippen LogP contribution in [0, 0.1) is 12.7 Å². The number of anilines is 4. The average Bonchev–Trinajstić information content (AvgIpc) is 2.91. The molecule has 0 bridgehead atoms. The first kappa shape index (κ1) is 24.1. The van der Waals surface area contributed by atoms with Crippen LogP contribution >= 0.6 is 0 Å². The van der Waals surface area contributed by atoms with Crippen LogP contribution in [-0.4, -0.2) is 52.6 Å². The van der Waals surface area contributed by atoms with Crippen molar-refractivity contribution < 1.29 is 14.2 Å². The number of hydrogen-bond donors (Lipinski definition) is 3. The van der Waals surface area contributed by atoms with Crippen molar-refractivity contribution in [2.75, 3.05) is 41.9 Å². The maximum Gasteiger partial charge on any atom is 0.245 e. The molecular weight excluding hydrogens is 473 g/mol. The van der Waals surface area contributed by atoms with Gasteiger partial charge in [-0.2, -0.15) is 10.1 Å². The number of hydrazone groups is 1. The molecule has 10 heteroatoms. The predicted octanol–water partition coefficient (Wildman–Crippen LogP) is 4.72. The van der Waals surface area contributed by atoms with Crippen molar-refractivity contribution in [2.24, 2.45) is 5.10 Å². The molecule has 5 rings (SSSR count). The van der Waals surface area contributed by atoms with Crippen molar-refractivity contribution in [3.63, 3.8) is 0 Å². The lowest BCUT2D eigenvalue weighted by Crippen LogP contribution is -2.37.